The Kier molecular flexibility index (Phi) is 6.91. The maximum atomic E-state index is 13.3. The highest BCUT2D eigenvalue weighted by molar-refractivity contribution is 6.30. The number of nitrogens with two attached hydrogens (primary N) is 1. The van der Waals surface area contributed by atoms with Gasteiger partial charge in [-0.1, -0.05) is 60.1 Å². The molecule has 0 saturated heterocycles. The SMILES string of the molecule is COc1ccc(C)cc1NC(=O)[C@H]([NH2+][C@@H](C)c1cccc(Cl)c1)c1ccccc1. The number of carbonyl (C=O) groups is 1. The molecule has 0 bridgehead atoms. The van der Waals surface area contributed by atoms with Crippen LogP contribution in [0.1, 0.15) is 35.7 Å². The first-order chi connectivity index (χ1) is 14.0. The summed E-state index contributed by atoms with van der Waals surface area (Å²) in [5.74, 6) is 0.535. The molecule has 150 valence electrons. The van der Waals surface area contributed by atoms with E-state index in [2.05, 4.69) is 17.6 Å². The van der Waals surface area contributed by atoms with Gasteiger partial charge in [0.2, 0.25) is 0 Å². The summed E-state index contributed by atoms with van der Waals surface area (Å²) >= 11 is 6.15. The summed E-state index contributed by atoms with van der Waals surface area (Å²) in [5.41, 5.74) is 3.72. The Balaban J connectivity index is 1.88. The van der Waals surface area contributed by atoms with Crippen molar-refractivity contribution in [2.24, 2.45) is 0 Å². The number of methoxy groups -OCH3 is 1. The van der Waals surface area contributed by atoms with Gasteiger partial charge < -0.3 is 15.4 Å². The summed E-state index contributed by atoms with van der Waals surface area (Å²) in [5, 5.41) is 5.79. The van der Waals surface area contributed by atoms with Crippen molar-refractivity contribution < 1.29 is 14.8 Å². The third-order valence-corrected chi connectivity index (χ3v) is 5.14. The van der Waals surface area contributed by atoms with Gasteiger partial charge in [0.25, 0.3) is 5.91 Å². The molecule has 2 atom stereocenters. The number of rotatable bonds is 7. The van der Waals surface area contributed by atoms with Gasteiger partial charge in [-0.3, -0.25) is 4.79 Å². The first-order valence-electron chi connectivity index (χ1n) is 9.59. The zero-order valence-corrected chi connectivity index (χ0v) is 17.6. The van der Waals surface area contributed by atoms with Crippen LogP contribution >= 0.6 is 11.6 Å². The molecule has 0 saturated carbocycles. The van der Waals surface area contributed by atoms with E-state index in [-0.39, 0.29) is 11.9 Å². The summed E-state index contributed by atoms with van der Waals surface area (Å²) in [7, 11) is 1.60. The standard InChI is InChI=1S/C24H25ClN2O2/c1-16-12-13-22(29-3)21(14-16)27-24(28)23(18-8-5-4-6-9-18)26-17(2)19-10-7-11-20(25)15-19/h4-15,17,23,26H,1-3H3,(H,27,28)/p+1/t17-,23+/m0/s1. The number of hydrogen-bond acceptors (Lipinski definition) is 2. The third-order valence-electron chi connectivity index (χ3n) is 4.91. The summed E-state index contributed by atoms with van der Waals surface area (Å²) in [6, 6.07) is 22.9. The predicted octanol–water partition coefficient (Wildman–Crippen LogP) is 4.66. The van der Waals surface area contributed by atoms with Crippen LogP contribution in [0.3, 0.4) is 0 Å². The van der Waals surface area contributed by atoms with Crippen LogP contribution in [0.25, 0.3) is 0 Å². The Morgan fingerprint density at radius 1 is 1.00 bits per heavy atom. The smallest absolute Gasteiger partial charge is 0.287 e. The van der Waals surface area contributed by atoms with E-state index in [0.29, 0.717) is 16.5 Å². The monoisotopic (exact) mass is 409 g/mol. The lowest BCUT2D eigenvalue weighted by Crippen LogP contribution is -2.87. The number of aryl methyl sites for hydroxylation is 1. The summed E-state index contributed by atoms with van der Waals surface area (Å²) in [4.78, 5) is 13.3. The normalized spacial score (nSPS) is 12.8. The molecule has 0 aliphatic rings. The Bertz CT molecular complexity index is 976. The molecule has 0 unspecified atom stereocenters. The maximum Gasteiger partial charge on any atom is 0.287 e. The molecule has 0 aromatic heterocycles. The Morgan fingerprint density at radius 3 is 2.41 bits per heavy atom. The van der Waals surface area contributed by atoms with Crippen molar-refractivity contribution in [1.29, 1.82) is 0 Å². The van der Waals surface area contributed by atoms with Crippen LogP contribution in [-0.2, 0) is 4.79 Å². The van der Waals surface area contributed by atoms with E-state index in [9.17, 15) is 4.79 Å². The first-order valence-corrected chi connectivity index (χ1v) is 9.96. The van der Waals surface area contributed by atoms with Crippen molar-refractivity contribution >= 4 is 23.2 Å². The number of benzene rings is 3. The van der Waals surface area contributed by atoms with Crippen LogP contribution in [0.2, 0.25) is 5.02 Å². The van der Waals surface area contributed by atoms with Crippen LogP contribution in [0, 0.1) is 6.92 Å². The molecule has 0 fully saturated rings. The highest BCUT2D eigenvalue weighted by atomic mass is 35.5. The van der Waals surface area contributed by atoms with Gasteiger partial charge in [0.1, 0.15) is 11.8 Å². The van der Waals surface area contributed by atoms with Gasteiger partial charge in [-0.15, -0.1) is 0 Å². The molecule has 3 N–H and O–H groups in total. The third kappa shape index (κ3) is 5.37. The number of nitrogens with one attached hydrogen (secondary N) is 1. The molecule has 0 aliphatic heterocycles. The average Bonchev–Trinajstić information content (AvgIpc) is 2.72. The lowest BCUT2D eigenvalue weighted by Gasteiger charge is -2.21. The van der Waals surface area contributed by atoms with Gasteiger partial charge in [-0.05, 0) is 43.7 Å². The van der Waals surface area contributed by atoms with E-state index < -0.39 is 6.04 Å². The Morgan fingerprint density at radius 2 is 1.72 bits per heavy atom. The topological polar surface area (TPSA) is 54.9 Å². The molecule has 3 aromatic carbocycles. The van der Waals surface area contributed by atoms with Gasteiger partial charge in [0.05, 0.1) is 12.8 Å². The Hall–Kier alpha value is -2.82. The molecule has 0 spiro atoms. The largest absolute Gasteiger partial charge is 0.495 e. The zero-order valence-electron chi connectivity index (χ0n) is 16.9. The van der Waals surface area contributed by atoms with Crippen molar-refractivity contribution in [1.82, 2.24) is 0 Å². The van der Waals surface area contributed by atoms with Crippen molar-refractivity contribution in [2.45, 2.75) is 25.9 Å². The molecule has 4 nitrogen and oxygen atoms in total. The van der Waals surface area contributed by atoms with E-state index in [1.54, 1.807) is 7.11 Å². The molecule has 3 aromatic rings. The molecule has 29 heavy (non-hydrogen) atoms. The zero-order chi connectivity index (χ0) is 20.8. The number of halogens is 1. The number of ether oxygens (including phenoxy) is 1. The highest BCUT2D eigenvalue weighted by Crippen LogP contribution is 2.26. The van der Waals surface area contributed by atoms with Crippen LogP contribution in [-0.4, -0.2) is 13.0 Å². The van der Waals surface area contributed by atoms with Crippen molar-refractivity contribution in [3.8, 4) is 5.75 Å². The molecule has 3 rings (SSSR count). The number of amides is 1. The van der Waals surface area contributed by atoms with Crippen molar-refractivity contribution in [3.05, 3.63) is 94.5 Å². The van der Waals surface area contributed by atoms with Crippen LogP contribution in [0.4, 0.5) is 5.69 Å². The van der Waals surface area contributed by atoms with Gasteiger partial charge in [-0.2, -0.15) is 0 Å². The lowest BCUT2D eigenvalue weighted by atomic mass is 10.0. The number of carbonyl (C=O) groups excluding carboxylic acids is 1. The Labute approximate surface area is 176 Å². The predicted molar refractivity (Wildman–Crippen MR) is 117 cm³/mol. The number of anilines is 1. The van der Waals surface area contributed by atoms with E-state index >= 15 is 0 Å². The summed E-state index contributed by atoms with van der Waals surface area (Å²) in [6.07, 6.45) is 0. The molecule has 0 radical (unpaired) electrons. The van der Waals surface area contributed by atoms with Gasteiger partial charge >= 0.3 is 0 Å². The van der Waals surface area contributed by atoms with E-state index in [4.69, 9.17) is 16.3 Å². The minimum absolute atomic E-state index is 0.0454. The van der Waals surface area contributed by atoms with Gasteiger partial charge in [-0.25, -0.2) is 0 Å². The maximum absolute atomic E-state index is 13.3. The van der Waals surface area contributed by atoms with Crippen LogP contribution < -0.4 is 15.4 Å². The molecular weight excluding hydrogens is 384 g/mol. The molecule has 0 heterocycles. The molecule has 0 aliphatic carbocycles. The van der Waals surface area contributed by atoms with E-state index in [1.807, 2.05) is 79.7 Å². The fraction of sp³-hybridized carbons (Fsp3) is 0.208. The van der Waals surface area contributed by atoms with E-state index in [1.165, 1.54) is 0 Å². The second-order valence-corrected chi connectivity index (χ2v) is 7.55. The van der Waals surface area contributed by atoms with Gasteiger partial charge in [0.15, 0.2) is 6.04 Å². The molecule has 5 heteroatoms. The summed E-state index contributed by atoms with van der Waals surface area (Å²) in [6.45, 7) is 4.05. The average molecular weight is 410 g/mol. The fourth-order valence-corrected chi connectivity index (χ4v) is 3.53. The van der Waals surface area contributed by atoms with Crippen LogP contribution in [0.5, 0.6) is 5.75 Å². The lowest BCUT2D eigenvalue weighted by molar-refractivity contribution is -0.718. The van der Waals surface area contributed by atoms with Crippen molar-refractivity contribution in [3.63, 3.8) is 0 Å². The fourth-order valence-electron chi connectivity index (χ4n) is 3.33. The number of hydrogen-bond donors (Lipinski definition) is 2. The quantitative estimate of drug-likeness (QED) is 0.596. The number of quaternary nitrogens is 1. The minimum Gasteiger partial charge on any atom is -0.495 e. The second kappa shape index (κ2) is 9.59. The second-order valence-electron chi connectivity index (χ2n) is 7.12. The molecular formula is C24H26ClN2O2+. The molecule has 1 amide bonds. The highest BCUT2D eigenvalue weighted by Gasteiger charge is 2.27. The summed E-state index contributed by atoms with van der Waals surface area (Å²) < 4.78 is 5.41. The van der Waals surface area contributed by atoms with Crippen molar-refractivity contribution in [2.75, 3.05) is 12.4 Å². The van der Waals surface area contributed by atoms with E-state index in [0.717, 1.165) is 16.7 Å². The van der Waals surface area contributed by atoms with Gasteiger partial charge in [0, 0.05) is 16.1 Å². The minimum atomic E-state index is -0.421. The first kappa shape index (κ1) is 20.9. The van der Waals surface area contributed by atoms with Crippen LogP contribution in [0.15, 0.2) is 72.8 Å².